The molecule has 1 aliphatic heterocycles. The van der Waals surface area contributed by atoms with Crippen LogP contribution in [0.15, 0.2) is 68.6 Å². The molecule has 36 heavy (non-hydrogen) atoms. The number of nitrogens with one attached hydrogen (secondary N) is 2. The van der Waals surface area contributed by atoms with Crippen LogP contribution in [0.1, 0.15) is 26.3 Å². The third-order valence-electron chi connectivity index (χ3n) is 4.75. The topological polar surface area (TPSA) is 115 Å². The van der Waals surface area contributed by atoms with Crippen molar-refractivity contribution < 1.29 is 28.6 Å². The van der Waals surface area contributed by atoms with Crippen molar-refractivity contribution in [1.29, 1.82) is 0 Å². The van der Waals surface area contributed by atoms with Gasteiger partial charge in [0.2, 0.25) is 6.79 Å². The lowest BCUT2D eigenvalue weighted by Crippen LogP contribution is -2.34. The molecule has 0 aliphatic carbocycles. The minimum Gasteiger partial charge on any atom is -0.454 e. The van der Waals surface area contributed by atoms with Gasteiger partial charge in [0.05, 0.1) is 22.8 Å². The summed E-state index contributed by atoms with van der Waals surface area (Å²) in [5, 5.41) is 6.90. The zero-order chi connectivity index (χ0) is 25.7. The highest BCUT2D eigenvalue weighted by atomic mass is 79.9. The molecule has 4 rings (SSSR count). The number of ether oxygens (including phenoxy) is 3. The van der Waals surface area contributed by atoms with Gasteiger partial charge in [-0.2, -0.15) is 5.10 Å². The number of esters is 1. The highest BCUT2D eigenvalue weighted by Crippen LogP contribution is 2.35. The molecule has 2 N–H and O–H groups in total. The fourth-order valence-corrected chi connectivity index (χ4v) is 4.50. The molecule has 1 aliphatic rings. The molecule has 0 saturated carbocycles. The molecule has 0 unspecified atom stereocenters. The summed E-state index contributed by atoms with van der Waals surface area (Å²) in [4.78, 5) is 37.0. The number of hydrogen-bond acceptors (Lipinski definition) is 7. The van der Waals surface area contributed by atoms with E-state index in [4.69, 9.17) is 25.8 Å². The van der Waals surface area contributed by atoms with Gasteiger partial charge >= 0.3 is 5.97 Å². The smallest absolute Gasteiger partial charge is 0.343 e. The minimum absolute atomic E-state index is 0.0865. The Morgan fingerprint density at radius 1 is 1.00 bits per heavy atom. The number of carbonyl (C=O) groups is 3. The normalized spacial score (nSPS) is 11.9. The lowest BCUT2D eigenvalue weighted by atomic mass is 10.2. The molecule has 0 bridgehead atoms. The Balaban J connectivity index is 1.39. The molecule has 2 amide bonds. The van der Waals surface area contributed by atoms with Crippen molar-refractivity contribution >= 4 is 67.5 Å². The van der Waals surface area contributed by atoms with Gasteiger partial charge in [0.1, 0.15) is 0 Å². The van der Waals surface area contributed by atoms with Crippen molar-refractivity contribution in [2.24, 2.45) is 5.10 Å². The maximum absolute atomic E-state index is 12.8. The molecule has 0 fully saturated rings. The summed E-state index contributed by atoms with van der Waals surface area (Å²) >= 11 is 12.6. The van der Waals surface area contributed by atoms with Crippen molar-refractivity contribution in [3.05, 3.63) is 85.3 Å². The molecule has 0 aromatic heterocycles. The second kappa shape index (κ2) is 11.5. The number of nitrogens with zero attached hydrogens (tertiary/aromatic N) is 1. The van der Waals surface area contributed by atoms with Crippen LogP contribution < -0.4 is 25.0 Å². The summed E-state index contributed by atoms with van der Waals surface area (Å²) in [6.07, 6.45) is 1.32. The fraction of sp³-hybridized carbons (Fsp3) is 0.0833. The Morgan fingerprint density at radius 2 is 1.72 bits per heavy atom. The summed E-state index contributed by atoms with van der Waals surface area (Å²) < 4.78 is 17.3. The number of halogens is 3. The lowest BCUT2D eigenvalue weighted by molar-refractivity contribution is -0.120. The van der Waals surface area contributed by atoms with E-state index in [-0.39, 0.29) is 24.7 Å². The number of rotatable bonds is 7. The first kappa shape index (κ1) is 25.7. The summed E-state index contributed by atoms with van der Waals surface area (Å²) in [5.41, 5.74) is 3.35. The second-order valence-corrected chi connectivity index (χ2v) is 9.45. The van der Waals surface area contributed by atoms with Gasteiger partial charge < -0.3 is 19.5 Å². The van der Waals surface area contributed by atoms with E-state index >= 15 is 0 Å². The molecule has 184 valence electrons. The molecular weight excluding hydrogens is 622 g/mol. The molecule has 9 nitrogen and oxygen atoms in total. The van der Waals surface area contributed by atoms with Crippen LogP contribution in [-0.4, -0.2) is 37.3 Å². The van der Waals surface area contributed by atoms with Gasteiger partial charge in [0, 0.05) is 20.6 Å². The van der Waals surface area contributed by atoms with Gasteiger partial charge in [-0.05, 0) is 70.5 Å². The van der Waals surface area contributed by atoms with Crippen LogP contribution in [0.25, 0.3) is 0 Å². The zero-order valence-electron chi connectivity index (χ0n) is 18.2. The SMILES string of the molecule is O=C(CNC(=O)c1ccc(Cl)cc1)N/N=C/c1cc(Br)cc(Br)c1OC(=O)c1ccc2c(c1)OCO2. The Labute approximate surface area is 227 Å². The number of carbonyl (C=O) groups excluding carboxylic acids is 3. The highest BCUT2D eigenvalue weighted by molar-refractivity contribution is 9.11. The van der Waals surface area contributed by atoms with Crippen molar-refractivity contribution in [2.75, 3.05) is 13.3 Å². The predicted molar refractivity (Wildman–Crippen MR) is 139 cm³/mol. The first-order valence-electron chi connectivity index (χ1n) is 10.3. The van der Waals surface area contributed by atoms with Crippen LogP contribution in [0.4, 0.5) is 0 Å². The van der Waals surface area contributed by atoms with Gasteiger partial charge in [-0.3, -0.25) is 9.59 Å². The van der Waals surface area contributed by atoms with Gasteiger partial charge in [-0.15, -0.1) is 0 Å². The van der Waals surface area contributed by atoms with Crippen LogP contribution in [0.3, 0.4) is 0 Å². The van der Waals surface area contributed by atoms with E-state index < -0.39 is 17.8 Å². The van der Waals surface area contributed by atoms with Crippen LogP contribution in [0.5, 0.6) is 17.2 Å². The summed E-state index contributed by atoms with van der Waals surface area (Å²) in [7, 11) is 0. The van der Waals surface area contributed by atoms with E-state index in [1.165, 1.54) is 12.3 Å². The molecule has 3 aromatic carbocycles. The van der Waals surface area contributed by atoms with Crippen molar-refractivity contribution in [3.63, 3.8) is 0 Å². The maximum Gasteiger partial charge on any atom is 0.343 e. The third kappa shape index (κ3) is 6.42. The molecule has 0 atom stereocenters. The van der Waals surface area contributed by atoms with Gasteiger partial charge in [0.25, 0.3) is 11.8 Å². The standard InChI is InChI=1S/C24H16Br2ClN3O6/c25-16-7-15(10-29-30-21(31)11-28-23(32)13-1-4-17(27)5-2-13)22(18(26)9-16)36-24(33)14-3-6-19-20(8-14)35-12-34-19/h1-10H,11-12H2,(H,28,32)(H,30,31)/b29-10+. The summed E-state index contributed by atoms with van der Waals surface area (Å²) in [5.74, 6) is -0.424. The Bertz CT molecular complexity index is 1360. The van der Waals surface area contributed by atoms with Crippen molar-refractivity contribution in [1.82, 2.24) is 10.7 Å². The van der Waals surface area contributed by atoms with E-state index in [9.17, 15) is 14.4 Å². The molecule has 0 saturated heterocycles. The summed E-state index contributed by atoms with van der Waals surface area (Å²) in [6.45, 7) is -0.212. The lowest BCUT2D eigenvalue weighted by Gasteiger charge is -2.11. The fourth-order valence-electron chi connectivity index (χ4n) is 3.04. The first-order chi connectivity index (χ1) is 17.3. The van der Waals surface area contributed by atoms with Crippen molar-refractivity contribution in [2.45, 2.75) is 0 Å². The van der Waals surface area contributed by atoms with Gasteiger partial charge in [-0.25, -0.2) is 10.2 Å². The molecule has 12 heteroatoms. The van der Waals surface area contributed by atoms with E-state index in [0.717, 1.165) is 0 Å². The monoisotopic (exact) mass is 635 g/mol. The number of benzene rings is 3. The second-order valence-electron chi connectivity index (χ2n) is 7.25. The maximum atomic E-state index is 12.8. The Hall–Kier alpha value is -3.41. The van der Waals surface area contributed by atoms with Crippen LogP contribution >= 0.6 is 43.5 Å². The number of fused-ring (bicyclic) bond motifs is 1. The first-order valence-corrected chi connectivity index (χ1v) is 12.2. The average Bonchev–Trinajstić information content (AvgIpc) is 3.33. The van der Waals surface area contributed by atoms with Crippen LogP contribution in [0, 0.1) is 0 Å². The average molecular weight is 638 g/mol. The van der Waals surface area contributed by atoms with E-state index in [1.807, 2.05) is 0 Å². The van der Waals surface area contributed by atoms with Crippen LogP contribution in [0.2, 0.25) is 5.02 Å². The van der Waals surface area contributed by atoms with Crippen LogP contribution in [-0.2, 0) is 4.79 Å². The van der Waals surface area contributed by atoms with E-state index in [1.54, 1.807) is 48.5 Å². The number of hydrogen-bond donors (Lipinski definition) is 2. The minimum atomic E-state index is -0.625. The molecule has 0 radical (unpaired) electrons. The molecule has 1 heterocycles. The molecule has 0 spiro atoms. The molecule has 3 aromatic rings. The zero-order valence-corrected chi connectivity index (χ0v) is 22.1. The Kier molecular flexibility index (Phi) is 8.24. The number of amides is 2. The van der Waals surface area contributed by atoms with Gasteiger partial charge in [0.15, 0.2) is 17.2 Å². The number of hydrazone groups is 1. The Morgan fingerprint density at radius 3 is 2.50 bits per heavy atom. The third-order valence-corrected chi connectivity index (χ3v) is 6.05. The highest BCUT2D eigenvalue weighted by Gasteiger charge is 2.20. The predicted octanol–water partition coefficient (Wildman–Crippen LogP) is 4.69. The van der Waals surface area contributed by atoms with Gasteiger partial charge in [-0.1, -0.05) is 27.5 Å². The van der Waals surface area contributed by atoms with E-state index in [2.05, 4.69) is 47.7 Å². The van der Waals surface area contributed by atoms with E-state index in [0.29, 0.717) is 36.6 Å². The quantitative estimate of drug-likeness (QED) is 0.168. The summed E-state index contributed by atoms with van der Waals surface area (Å²) in [6, 6.07) is 14.3. The molecular formula is C24H16Br2ClN3O6. The van der Waals surface area contributed by atoms with Crippen molar-refractivity contribution in [3.8, 4) is 17.2 Å². The largest absolute Gasteiger partial charge is 0.454 e.